The van der Waals surface area contributed by atoms with Gasteiger partial charge < -0.3 is 9.47 Å². The molecule has 1 heterocycles. The predicted molar refractivity (Wildman–Crippen MR) is 338 cm³/mol. The van der Waals surface area contributed by atoms with Crippen LogP contribution in [0.15, 0.2) is 243 Å². The summed E-state index contributed by atoms with van der Waals surface area (Å²) >= 11 is 0. The quantitative estimate of drug-likeness (QED) is 0.161. The van der Waals surface area contributed by atoms with Crippen molar-refractivity contribution < 1.29 is 0 Å². The van der Waals surface area contributed by atoms with E-state index in [1.807, 2.05) is 0 Å². The lowest BCUT2D eigenvalue weighted by Gasteiger charge is -2.34. The molecule has 0 saturated carbocycles. The van der Waals surface area contributed by atoms with E-state index in [-0.39, 0.29) is 16.2 Å². The van der Waals surface area contributed by atoms with E-state index in [0.717, 1.165) is 28.3 Å². The van der Waals surface area contributed by atoms with Crippen molar-refractivity contribution in [3.8, 4) is 61.3 Å². The molecule has 3 aliphatic carbocycles. The van der Waals surface area contributed by atoms with Crippen LogP contribution in [0, 0.1) is 0 Å². The van der Waals surface area contributed by atoms with Crippen LogP contribution in [0.5, 0.6) is 0 Å². The summed E-state index contributed by atoms with van der Waals surface area (Å²) in [6.45, 7) is 18.9. The second-order valence-corrected chi connectivity index (χ2v) is 25.2. The van der Waals surface area contributed by atoms with Gasteiger partial charge in [-0.2, -0.15) is 0 Å². The van der Waals surface area contributed by atoms with Crippen molar-refractivity contribution in [2.45, 2.75) is 77.0 Å². The summed E-state index contributed by atoms with van der Waals surface area (Å²) < 4.78 is 2.42. The van der Waals surface area contributed by atoms with Crippen molar-refractivity contribution in [2.24, 2.45) is 0 Å². The Kier molecular flexibility index (Phi) is 10.4. The van der Waals surface area contributed by atoms with Gasteiger partial charge >= 0.3 is 0 Å². The molecular formula is C78H64N2. The first-order chi connectivity index (χ1) is 38.7. The molecule has 386 valence electrons. The largest absolute Gasteiger partial charge is 0.310 e. The van der Waals surface area contributed by atoms with Crippen LogP contribution in [-0.2, 0) is 21.7 Å². The molecule has 0 bridgehead atoms. The highest BCUT2D eigenvalue weighted by Crippen LogP contribution is 2.65. The Balaban J connectivity index is 1.01. The second-order valence-electron chi connectivity index (χ2n) is 25.2. The molecule has 0 aliphatic heterocycles. The van der Waals surface area contributed by atoms with Gasteiger partial charge in [0.05, 0.1) is 22.1 Å². The van der Waals surface area contributed by atoms with Crippen LogP contribution >= 0.6 is 0 Å². The molecule has 12 aromatic rings. The first kappa shape index (κ1) is 48.2. The maximum absolute atomic E-state index is 2.58. The van der Waals surface area contributed by atoms with E-state index in [0.29, 0.717) is 0 Å². The molecule has 2 heteroatoms. The number of para-hydroxylation sites is 3. The zero-order valence-corrected chi connectivity index (χ0v) is 47.0. The van der Waals surface area contributed by atoms with E-state index in [1.165, 1.54) is 116 Å². The van der Waals surface area contributed by atoms with E-state index in [1.54, 1.807) is 0 Å². The Bertz CT molecular complexity index is 4470. The third-order valence-electron chi connectivity index (χ3n) is 18.3. The van der Waals surface area contributed by atoms with Crippen LogP contribution in [0.25, 0.3) is 83.1 Å². The molecule has 11 aromatic carbocycles. The number of hydrogen-bond donors (Lipinski definition) is 0. The summed E-state index contributed by atoms with van der Waals surface area (Å²) in [5.74, 6) is 0. The molecular weight excluding hydrogens is 965 g/mol. The van der Waals surface area contributed by atoms with Gasteiger partial charge in [-0.3, -0.25) is 0 Å². The van der Waals surface area contributed by atoms with E-state index in [9.17, 15) is 0 Å². The van der Waals surface area contributed by atoms with E-state index in [4.69, 9.17) is 0 Å². The zero-order valence-electron chi connectivity index (χ0n) is 47.0. The molecule has 2 nitrogen and oxygen atoms in total. The Hall–Kier alpha value is -8.98. The monoisotopic (exact) mass is 1030 g/mol. The van der Waals surface area contributed by atoms with Crippen molar-refractivity contribution in [1.82, 2.24) is 4.57 Å². The normalized spacial score (nSPS) is 14.2. The zero-order chi connectivity index (χ0) is 54.5. The summed E-state index contributed by atoms with van der Waals surface area (Å²) in [6.07, 6.45) is 0. The smallest absolute Gasteiger partial charge is 0.0726 e. The summed E-state index contributed by atoms with van der Waals surface area (Å²) in [7, 11) is 0. The van der Waals surface area contributed by atoms with Crippen molar-refractivity contribution in [2.75, 3.05) is 4.90 Å². The van der Waals surface area contributed by atoms with Crippen LogP contribution in [0.2, 0.25) is 0 Å². The molecule has 0 saturated heterocycles. The summed E-state index contributed by atoms with van der Waals surface area (Å²) in [5, 5.41) is 2.48. The summed E-state index contributed by atoms with van der Waals surface area (Å²) in [6, 6.07) is 92.5. The Morgan fingerprint density at radius 2 is 0.863 bits per heavy atom. The first-order valence-corrected chi connectivity index (χ1v) is 28.6. The number of fused-ring (bicyclic) bond motifs is 16. The third kappa shape index (κ3) is 6.84. The second kappa shape index (κ2) is 17.3. The number of anilines is 3. The minimum atomic E-state index is -0.569. The van der Waals surface area contributed by atoms with Crippen molar-refractivity contribution in [1.29, 1.82) is 0 Å². The van der Waals surface area contributed by atoms with Crippen LogP contribution in [0.1, 0.15) is 99.9 Å². The molecule has 0 N–H and O–H groups in total. The lowest BCUT2D eigenvalue weighted by Crippen LogP contribution is -2.27. The van der Waals surface area contributed by atoms with Gasteiger partial charge in [-0.1, -0.05) is 243 Å². The van der Waals surface area contributed by atoms with Gasteiger partial charge in [0.1, 0.15) is 0 Å². The fourth-order valence-corrected chi connectivity index (χ4v) is 14.5. The molecule has 15 rings (SSSR count). The molecule has 1 aromatic heterocycles. The van der Waals surface area contributed by atoms with Crippen molar-refractivity contribution in [3.63, 3.8) is 0 Å². The highest BCUT2D eigenvalue weighted by molar-refractivity contribution is 6.16. The summed E-state index contributed by atoms with van der Waals surface area (Å²) in [4.78, 5) is 2.57. The van der Waals surface area contributed by atoms with Crippen LogP contribution in [0.3, 0.4) is 0 Å². The van der Waals surface area contributed by atoms with Crippen LogP contribution in [0.4, 0.5) is 17.1 Å². The van der Waals surface area contributed by atoms with Crippen molar-refractivity contribution in [3.05, 3.63) is 287 Å². The Labute approximate surface area is 471 Å². The predicted octanol–water partition coefficient (Wildman–Crippen LogP) is 20.8. The van der Waals surface area contributed by atoms with E-state index < -0.39 is 5.41 Å². The highest BCUT2D eigenvalue weighted by Gasteiger charge is 2.52. The van der Waals surface area contributed by atoms with Crippen LogP contribution in [-0.4, -0.2) is 4.57 Å². The first-order valence-electron chi connectivity index (χ1n) is 28.6. The van der Waals surface area contributed by atoms with Gasteiger partial charge in [0, 0.05) is 38.8 Å². The maximum Gasteiger partial charge on any atom is 0.0726 e. The van der Waals surface area contributed by atoms with Gasteiger partial charge in [-0.15, -0.1) is 0 Å². The lowest BCUT2D eigenvalue weighted by molar-refractivity contribution is 0.586. The van der Waals surface area contributed by atoms with Gasteiger partial charge in [-0.25, -0.2) is 0 Å². The minimum Gasteiger partial charge on any atom is -0.310 e. The fraction of sp³-hybridized carbons (Fsp3) is 0.154. The molecule has 0 amide bonds. The fourth-order valence-electron chi connectivity index (χ4n) is 14.5. The molecule has 0 radical (unpaired) electrons. The Morgan fingerprint density at radius 1 is 0.350 bits per heavy atom. The third-order valence-corrected chi connectivity index (χ3v) is 18.3. The van der Waals surface area contributed by atoms with Gasteiger partial charge in [0.25, 0.3) is 0 Å². The number of aromatic nitrogens is 1. The number of rotatable bonds is 6. The molecule has 0 atom stereocenters. The lowest BCUT2D eigenvalue weighted by atomic mass is 9.68. The van der Waals surface area contributed by atoms with Crippen LogP contribution < -0.4 is 4.90 Å². The molecule has 0 unspecified atom stereocenters. The standard InChI is InChI=1S/C78H64N2/c1-75(2,3)50-39-42-57-58-43-40-51(76(4,5)6)47-68(58)78(67(57)46-50)65-34-17-12-27-56(65)59-44-41-54(48-69(59)78)79(70-36-18-14-28-60(70)61-32-21-35-66-73(61)62-29-13-16-33-64(62)77(66,7)8)53-26-20-23-49(45-53)55-31-22-38-72-74(55)63-30-15-19-37-71(63)80(72)52-24-10-9-11-25-52/h9-48H,1-8H3. The van der Waals surface area contributed by atoms with Crippen molar-refractivity contribution >= 4 is 38.9 Å². The summed E-state index contributed by atoms with van der Waals surface area (Å²) in [5.41, 5.74) is 29.5. The molecule has 3 aliphatic rings. The average Bonchev–Trinajstić information content (AvgIpc) is 2.30. The van der Waals surface area contributed by atoms with Gasteiger partial charge in [-0.05, 0) is 160 Å². The average molecular weight is 1030 g/mol. The van der Waals surface area contributed by atoms with Gasteiger partial charge in [0.15, 0.2) is 0 Å². The SMILES string of the molecule is CC(C)(C)c1ccc2c(c1)C1(c3ccccc3-c3ccc(N(c4cccc(-c5cccc6c5c5ccccc5n6-c5ccccc5)c4)c4ccccc4-c4cccc5c4-c4ccccc4C5(C)C)cc31)c1cc(C(C)(C)C)ccc1-2. The topological polar surface area (TPSA) is 8.17 Å². The van der Waals surface area contributed by atoms with E-state index >= 15 is 0 Å². The molecule has 80 heavy (non-hydrogen) atoms. The maximum atomic E-state index is 2.58. The Morgan fingerprint density at radius 3 is 1.59 bits per heavy atom. The number of benzene rings is 11. The molecule has 1 spiro atoms. The highest BCUT2D eigenvalue weighted by atomic mass is 15.1. The van der Waals surface area contributed by atoms with Gasteiger partial charge in [0.2, 0.25) is 0 Å². The minimum absolute atomic E-state index is 0.0516. The van der Waals surface area contributed by atoms with E-state index in [2.05, 4.69) is 308 Å². The molecule has 0 fully saturated rings. The number of nitrogens with zero attached hydrogens (tertiary/aromatic N) is 2. The number of hydrogen-bond acceptors (Lipinski definition) is 1.